The van der Waals surface area contributed by atoms with Crippen LogP contribution in [0.5, 0.6) is 5.75 Å². The van der Waals surface area contributed by atoms with Crippen LogP contribution in [0.4, 0.5) is 0 Å². The van der Waals surface area contributed by atoms with Crippen LogP contribution in [0.25, 0.3) is 0 Å². The van der Waals surface area contributed by atoms with E-state index in [4.69, 9.17) is 9.47 Å². The Hall–Kier alpha value is -1.02. The molecule has 1 aromatic rings. The molecule has 0 aromatic heterocycles. The highest BCUT2D eigenvalue weighted by atomic mass is 127. The lowest BCUT2D eigenvalue weighted by molar-refractivity contribution is 0.115. The summed E-state index contributed by atoms with van der Waals surface area (Å²) in [6.45, 7) is 5.88. The first kappa shape index (κ1) is 21.0. The third kappa shape index (κ3) is 8.19. The van der Waals surface area contributed by atoms with Gasteiger partial charge in [0.2, 0.25) is 0 Å². The van der Waals surface area contributed by atoms with Crippen molar-refractivity contribution >= 4 is 29.9 Å². The first-order valence-corrected chi connectivity index (χ1v) is 8.38. The van der Waals surface area contributed by atoms with E-state index in [1.807, 2.05) is 19.2 Å². The summed E-state index contributed by atoms with van der Waals surface area (Å²) in [4.78, 5) is 6.37. The molecule has 1 aliphatic carbocycles. The zero-order chi connectivity index (χ0) is 16.5. The summed E-state index contributed by atoms with van der Waals surface area (Å²) in [6, 6.07) is 8.09. The Bertz CT molecular complexity index is 490. The smallest absolute Gasteiger partial charge is 0.193 e. The lowest BCUT2D eigenvalue weighted by Crippen LogP contribution is -2.42. The Morgan fingerprint density at radius 1 is 1.25 bits per heavy atom. The highest BCUT2D eigenvalue weighted by Gasteiger charge is 2.21. The third-order valence-corrected chi connectivity index (χ3v) is 3.87. The fraction of sp³-hybridized carbons (Fsp3) is 0.611. The minimum absolute atomic E-state index is 0. The molecule has 2 rings (SSSR count). The van der Waals surface area contributed by atoms with E-state index in [0.29, 0.717) is 13.2 Å². The molecule has 5 nitrogen and oxygen atoms in total. The highest BCUT2D eigenvalue weighted by molar-refractivity contribution is 14.0. The Morgan fingerprint density at radius 2 is 1.96 bits per heavy atom. The zero-order valence-corrected chi connectivity index (χ0v) is 17.3. The number of ether oxygens (including phenoxy) is 2. The Labute approximate surface area is 162 Å². The van der Waals surface area contributed by atoms with Crippen molar-refractivity contribution < 1.29 is 9.47 Å². The largest absolute Gasteiger partial charge is 0.492 e. The maximum Gasteiger partial charge on any atom is 0.193 e. The molecule has 24 heavy (non-hydrogen) atoms. The van der Waals surface area contributed by atoms with Crippen molar-refractivity contribution in [1.82, 2.24) is 10.2 Å². The van der Waals surface area contributed by atoms with Crippen molar-refractivity contribution in [2.75, 3.05) is 47.0 Å². The van der Waals surface area contributed by atoms with Gasteiger partial charge < -0.3 is 19.7 Å². The van der Waals surface area contributed by atoms with Crippen LogP contribution in [0.3, 0.4) is 0 Å². The summed E-state index contributed by atoms with van der Waals surface area (Å²) in [5.41, 5.74) is 1.24. The molecule has 0 radical (unpaired) electrons. The summed E-state index contributed by atoms with van der Waals surface area (Å²) >= 11 is 0. The standard InChI is InChI=1S/C18H29N3O2.HI/c1-15-4-8-17(9-5-15)23-12-10-20-18(19-2)21(3)11-13-22-14-16-6-7-16;/h4-5,8-9,16H,6-7,10-14H2,1-3H3,(H,19,20);1H. The van der Waals surface area contributed by atoms with Crippen molar-refractivity contribution in [3.8, 4) is 5.75 Å². The van der Waals surface area contributed by atoms with Gasteiger partial charge in [-0.15, -0.1) is 24.0 Å². The first-order valence-electron chi connectivity index (χ1n) is 8.38. The maximum atomic E-state index is 5.71. The molecular weight excluding hydrogens is 417 g/mol. The topological polar surface area (TPSA) is 46.1 Å². The van der Waals surface area contributed by atoms with Gasteiger partial charge >= 0.3 is 0 Å². The van der Waals surface area contributed by atoms with Crippen LogP contribution in [0, 0.1) is 12.8 Å². The quantitative estimate of drug-likeness (QED) is 0.274. The first-order chi connectivity index (χ1) is 11.2. The predicted octanol–water partition coefficient (Wildman–Crippen LogP) is 2.93. The predicted molar refractivity (Wildman–Crippen MR) is 110 cm³/mol. The van der Waals surface area contributed by atoms with Gasteiger partial charge in [0.25, 0.3) is 0 Å². The van der Waals surface area contributed by atoms with Gasteiger partial charge in [-0.2, -0.15) is 0 Å². The number of nitrogens with zero attached hydrogens (tertiary/aromatic N) is 2. The van der Waals surface area contributed by atoms with Gasteiger partial charge in [0.1, 0.15) is 12.4 Å². The summed E-state index contributed by atoms with van der Waals surface area (Å²) < 4.78 is 11.4. The Kier molecular flexibility index (Phi) is 10.1. The van der Waals surface area contributed by atoms with Gasteiger partial charge in [-0.05, 0) is 37.8 Å². The lowest BCUT2D eigenvalue weighted by Gasteiger charge is -2.22. The summed E-state index contributed by atoms with van der Waals surface area (Å²) in [7, 11) is 3.82. The van der Waals surface area contributed by atoms with Crippen molar-refractivity contribution in [2.45, 2.75) is 19.8 Å². The van der Waals surface area contributed by atoms with Crippen LogP contribution in [-0.4, -0.2) is 57.9 Å². The lowest BCUT2D eigenvalue weighted by atomic mass is 10.2. The number of aryl methyl sites for hydroxylation is 1. The number of nitrogens with one attached hydrogen (secondary N) is 1. The molecule has 0 spiro atoms. The van der Waals surface area contributed by atoms with Crippen LogP contribution in [0.1, 0.15) is 18.4 Å². The van der Waals surface area contributed by atoms with Crippen LogP contribution in [0.15, 0.2) is 29.3 Å². The second kappa shape index (κ2) is 11.5. The van der Waals surface area contributed by atoms with E-state index in [1.54, 1.807) is 7.05 Å². The molecule has 0 atom stereocenters. The Balaban J connectivity index is 0.00000288. The van der Waals surface area contributed by atoms with E-state index in [-0.39, 0.29) is 24.0 Å². The van der Waals surface area contributed by atoms with Crippen LogP contribution in [-0.2, 0) is 4.74 Å². The fourth-order valence-electron chi connectivity index (χ4n) is 2.19. The fourth-order valence-corrected chi connectivity index (χ4v) is 2.19. The van der Waals surface area contributed by atoms with Crippen molar-refractivity contribution in [3.05, 3.63) is 29.8 Å². The SMILES string of the molecule is CN=C(NCCOc1ccc(C)cc1)N(C)CCOCC1CC1.I. The van der Waals surface area contributed by atoms with Gasteiger partial charge in [0.05, 0.1) is 13.2 Å². The maximum absolute atomic E-state index is 5.71. The summed E-state index contributed by atoms with van der Waals surface area (Å²) in [6.07, 6.45) is 2.67. The molecule has 0 heterocycles. The number of benzene rings is 1. The molecule has 1 aliphatic rings. The van der Waals surface area contributed by atoms with E-state index in [1.165, 1.54) is 18.4 Å². The van der Waals surface area contributed by atoms with Crippen molar-refractivity contribution in [1.29, 1.82) is 0 Å². The second-order valence-corrected chi connectivity index (χ2v) is 6.08. The van der Waals surface area contributed by atoms with Crippen LogP contribution in [0.2, 0.25) is 0 Å². The molecule has 0 unspecified atom stereocenters. The Morgan fingerprint density at radius 3 is 2.58 bits per heavy atom. The second-order valence-electron chi connectivity index (χ2n) is 6.08. The summed E-state index contributed by atoms with van der Waals surface area (Å²) in [5, 5.41) is 3.31. The average Bonchev–Trinajstić information content (AvgIpc) is 3.37. The van der Waals surface area contributed by atoms with E-state index in [2.05, 4.69) is 34.3 Å². The third-order valence-electron chi connectivity index (χ3n) is 3.87. The van der Waals surface area contributed by atoms with Crippen LogP contribution < -0.4 is 10.1 Å². The van der Waals surface area contributed by atoms with E-state index >= 15 is 0 Å². The van der Waals surface area contributed by atoms with E-state index < -0.39 is 0 Å². The molecule has 1 aromatic carbocycles. The molecule has 0 saturated heterocycles. The minimum atomic E-state index is 0. The van der Waals surface area contributed by atoms with Crippen LogP contribution >= 0.6 is 24.0 Å². The zero-order valence-electron chi connectivity index (χ0n) is 15.0. The molecular formula is C18H30IN3O2. The molecule has 1 fully saturated rings. The minimum Gasteiger partial charge on any atom is -0.492 e. The van der Waals surface area contributed by atoms with Gasteiger partial charge in [-0.1, -0.05) is 17.7 Å². The number of rotatable bonds is 9. The van der Waals surface area contributed by atoms with Gasteiger partial charge in [0.15, 0.2) is 5.96 Å². The normalized spacial score (nSPS) is 14.0. The van der Waals surface area contributed by atoms with Gasteiger partial charge in [-0.3, -0.25) is 4.99 Å². The van der Waals surface area contributed by atoms with Crippen molar-refractivity contribution in [3.63, 3.8) is 0 Å². The van der Waals surface area contributed by atoms with Gasteiger partial charge in [0, 0.05) is 27.2 Å². The van der Waals surface area contributed by atoms with Crippen molar-refractivity contribution in [2.24, 2.45) is 10.9 Å². The monoisotopic (exact) mass is 447 g/mol. The molecule has 1 N–H and O–H groups in total. The molecule has 136 valence electrons. The molecule has 0 aliphatic heterocycles. The number of likely N-dealkylation sites (N-methyl/N-ethyl adjacent to an activating group) is 1. The van der Waals surface area contributed by atoms with E-state index in [0.717, 1.165) is 37.4 Å². The van der Waals surface area contributed by atoms with E-state index in [9.17, 15) is 0 Å². The number of guanidine groups is 1. The number of hydrogen-bond donors (Lipinski definition) is 1. The average molecular weight is 447 g/mol. The highest BCUT2D eigenvalue weighted by Crippen LogP contribution is 2.28. The number of halogens is 1. The number of aliphatic imine (C=N–C) groups is 1. The number of hydrogen-bond acceptors (Lipinski definition) is 3. The molecule has 1 saturated carbocycles. The molecule has 0 bridgehead atoms. The molecule has 6 heteroatoms. The van der Waals surface area contributed by atoms with Gasteiger partial charge in [-0.25, -0.2) is 0 Å². The summed E-state index contributed by atoms with van der Waals surface area (Å²) in [5.74, 6) is 2.58. The molecule has 0 amide bonds.